The minimum atomic E-state index is -3.58. The normalized spacial score (nSPS) is 21.8. The maximum absolute atomic E-state index is 13.4. The molecule has 0 unspecified atom stereocenters. The average molecular weight is 468 g/mol. The van der Waals surface area contributed by atoms with Crippen molar-refractivity contribution < 1.29 is 13.2 Å². The molecule has 2 aromatic rings. The van der Waals surface area contributed by atoms with Crippen molar-refractivity contribution in [3.8, 4) is 0 Å². The Morgan fingerprint density at radius 3 is 2.42 bits per heavy atom. The van der Waals surface area contributed by atoms with Crippen molar-refractivity contribution in [1.29, 1.82) is 0 Å². The van der Waals surface area contributed by atoms with Crippen LogP contribution in [-0.2, 0) is 33.2 Å². The van der Waals surface area contributed by atoms with Gasteiger partial charge >= 0.3 is 0 Å². The van der Waals surface area contributed by atoms with Gasteiger partial charge in [0.15, 0.2) is 0 Å². The highest BCUT2D eigenvalue weighted by Crippen LogP contribution is 2.42. The third kappa shape index (κ3) is 3.90. The molecule has 2 aromatic carbocycles. The molecule has 0 atom stereocenters. The molecule has 0 saturated carbocycles. The van der Waals surface area contributed by atoms with Gasteiger partial charge in [-0.1, -0.05) is 24.3 Å². The van der Waals surface area contributed by atoms with Gasteiger partial charge in [0.05, 0.1) is 10.3 Å². The summed E-state index contributed by atoms with van der Waals surface area (Å²) in [4.78, 5) is 17.0. The molecule has 1 saturated heterocycles. The summed E-state index contributed by atoms with van der Waals surface area (Å²) >= 11 is 0. The molecule has 0 N–H and O–H groups in total. The van der Waals surface area contributed by atoms with Crippen molar-refractivity contribution in [2.75, 3.05) is 38.1 Å². The minimum absolute atomic E-state index is 0.00630. The Balaban J connectivity index is 1.24. The van der Waals surface area contributed by atoms with E-state index in [1.165, 1.54) is 11.1 Å². The van der Waals surface area contributed by atoms with E-state index in [2.05, 4.69) is 29.2 Å². The second-order valence-electron chi connectivity index (χ2n) is 10.3. The molecule has 1 fully saturated rings. The number of hydrogen-bond donors (Lipinski definition) is 0. The first-order chi connectivity index (χ1) is 15.7. The van der Waals surface area contributed by atoms with Gasteiger partial charge in [0.25, 0.3) is 0 Å². The Morgan fingerprint density at radius 1 is 1.00 bits per heavy atom. The highest BCUT2D eigenvalue weighted by atomic mass is 32.2. The zero-order valence-electron chi connectivity index (χ0n) is 19.8. The van der Waals surface area contributed by atoms with Crippen LogP contribution in [0, 0.1) is 5.92 Å². The van der Waals surface area contributed by atoms with Gasteiger partial charge in [-0.15, -0.1) is 0 Å². The lowest BCUT2D eigenvalue weighted by atomic mass is 9.86. The Hall–Kier alpha value is -2.22. The standard InChI is InChI=1S/C26H33N3O3S/c1-26(2)23-16-22(8-9-24(23)27(3)25(26)30)33(31,32)29-14-10-19(11-15-29)17-28-13-12-20-6-4-5-7-21(20)18-28/h4-9,16,19H,10-15,17-18H2,1-3H3. The van der Waals surface area contributed by atoms with Crippen LogP contribution >= 0.6 is 0 Å². The molecule has 5 rings (SSSR count). The molecule has 3 heterocycles. The van der Waals surface area contributed by atoms with Gasteiger partial charge in [-0.05, 0) is 73.9 Å². The van der Waals surface area contributed by atoms with Crippen molar-refractivity contribution in [3.63, 3.8) is 0 Å². The number of hydrogen-bond acceptors (Lipinski definition) is 4. The summed E-state index contributed by atoms with van der Waals surface area (Å²) in [5.74, 6) is 0.514. The number of piperidine rings is 1. The number of anilines is 1. The van der Waals surface area contributed by atoms with E-state index in [1.54, 1.807) is 34.5 Å². The Morgan fingerprint density at radius 2 is 1.70 bits per heavy atom. The van der Waals surface area contributed by atoms with Gasteiger partial charge in [0.2, 0.25) is 15.9 Å². The Kier molecular flexibility index (Phi) is 5.62. The first kappa shape index (κ1) is 22.6. The van der Waals surface area contributed by atoms with Crippen LogP contribution in [0.3, 0.4) is 0 Å². The molecule has 0 aromatic heterocycles. The van der Waals surface area contributed by atoms with E-state index in [4.69, 9.17) is 0 Å². The number of carbonyl (C=O) groups excluding carboxylic acids is 1. The van der Waals surface area contributed by atoms with E-state index in [-0.39, 0.29) is 5.91 Å². The average Bonchev–Trinajstić information content (AvgIpc) is 2.99. The third-order valence-electron chi connectivity index (χ3n) is 7.78. The number of benzene rings is 2. The zero-order valence-corrected chi connectivity index (χ0v) is 20.6. The predicted molar refractivity (Wildman–Crippen MR) is 130 cm³/mol. The van der Waals surface area contributed by atoms with Crippen LogP contribution in [0.5, 0.6) is 0 Å². The summed E-state index contributed by atoms with van der Waals surface area (Å²) in [6.45, 7) is 7.93. The smallest absolute Gasteiger partial charge is 0.243 e. The molecule has 176 valence electrons. The lowest BCUT2D eigenvalue weighted by molar-refractivity contribution is -0.121. The second-order valence-corrected chi connectivity index (χ2v) is 12.2. The van der Waals surface area contributed by atoms with Crippen molar-refractivity contribution in [2.24, 2.45) is 5.92 Å². The van der Waals surface area contributed by atoms with Crippen molar-refractivity contribution in [2.45, 2.75) is 50.0 Å². The van der Waals surface area contributed by atoms with Crippen LogP contribution in [-0.4, -0.2) is 56.8 Å². The quantitative estimate of drug-likeness (QED) is 0.692. The number of fused-ring (bicyclic) bond motifs is 2. The number of likely N-dealkylation sites (N-methyl/N-ethyl adjacent to an activating group) is 1. The molecule has 0 bridgehead atoms. The van der Waals surface area contributed by atoms with Crippen LogP contribution in [0.2, 0.25) is 0 Å². The summed E-state index contributed by atoms with van der Waals surface area (Å²) in [7, 11) is -1.83. The monoisotopic (exact) mass is 467 g/mol. The molecule has 7 heteroatoms. The molecule has 0 spiro atoms. The van der Waals surface area contributed by atoms with Crippen LogP contribution in [0.25, 0.3) is 0 Å². The van der Waals surface area contributed by atoms with E-state index in [1.807, 2.05) is 13.8 Å². The third-order valence-corrected chi connectivity index (χ3v) is 9.67. The summed E-state index contributed by atoms with van der Waals surface area (Å²) in [6.07, 6.45) is 2.86. The SMILES string of the molecule is CN1C(=O)C(C)(C)c2cc(S(=O)(=O)N3CCC(CN4CCc5ccccc5C4)CC3)ccc21. The summed E-state index contributed by atoms with van der Waals surface area (Å²) in [5, 5.41) is 0. The Labute approximate surface area is 197 Å². The van der Waals surface area contributed by atoms with Gasteiger partial charge in [-0.25, -0.2) is 8.42 Å². The fraction of sp³-hybridized carbons (Fsp3) is 0.500. The van der Waals surface area contributed by atoms with Crippen LogP contribution in [0.15, 0.2) is 47.4 Å². The molecule has 0 radical (unpaired) electrons. The van der Waals surface area contributed by atoms with E-state index in [0.29, 0.717) is 23.9 Å². The van der Waals surface area contributed by atoms with Crippen LogP contribution in [0.4, 0.5) is 5.69 Å². The highest BCUT2D eigenvalue weighted by Gasteiger charge is 2.43. The van der Waals surface area contributed by atoms with Gasteiger partial charge < -0.3 is 4.90 Å². The summed E-state index contributed by atoms with van der Waals surface area (Å²) < 4.78 is 28.5. The van der Waals surface area contributed by atoms with Gasteiger partial charge in [-0.2, -0.15) is 4.31 Å². The number of nitrogens with zero attached hydrogens (tertiary/aromatic N) is 3. The fourth-order valence-electron chi connectivity index (χ4n) is 5.67. The van der Waals surface area contributed by atoms with E-state index in [9.17, 15) is 13.2 Å². The van der Waals surface area contributed by atoms with Crippen LogP contribution in [0.1, 0.15) is 43.4 Å². The molecule has 3 aliphatic rings. The first-order valence-electron chi connectivity index (χ1n) is 11.9. The number of carbonyl (C=O) groups is 1. The predicted octanol–water partition coefficient (Wildman–Crippen LogP) is 3.40. The fourth-order valence-corrected chi connectivity index (χ4v) is 7.17. The van der Waals surface area contributed by atoms with Crippen molar-refractivity contribution in [3.05, 3.63) is 59.2 Å². The maximum atomic E-state index is 13.4. The highest BCUT2D eigenvalue weighted by molar-refractivity contribution is 7.89. The molecule has 0 aliphatic carbocycles. The summed E-state index contributed by atoms with van der Waals surface area (Å²) in [6, 6.07) is 13.8. The number of amides is 1. The Bertz CT molecular complexity index is 1180. The molecule has 1 amide bonds. The van der Waals surface area contributed by atoms with E-state index in [0.717, 1.165) is 50.1 Å². The van der Waals surface area contributed by atoms with Gasteiger partial charge in [-0.3, -0.25) is 9.69 Å². The topological polar surface area (TPSA) is 60.9 Å². The summed E-state index contributed by atoms with van der Waals surface area (Å²) in [5.41, 5.74) is 3.75. The largest absolute Gasteiger partial charge is 0.314 e. The molecule has 3 aliphatic heterocycles. The van der Waals surface area contributed by atoms with Crippen molar-refractivity contribution >= 4 is 21.6 Å². The molecule has 33 heavy (non-hydrogen) atoms. The van der Waals surface area contributed by atoms with E-state index >= 15 is 0 Å². The number of rotatable bonds is 4. The lowest BCUT2D eigenvalue weighted by Crippen LogP contribution is -2.42. The second kappa shape index (κ2) is 8.22. The van der Waals surface area contributed by atoms with E-state index < -0.39 is 15.4 Å². The molecular weight excluding hydrogens is 434 g/mol. The maximum Gasteiger partial charge on any atom is 0.243 e. The minimum Gasteiger partial charge on any atom is -0.314 e. The first-order valence-corrected chi connectivity index (χ1v) is 13.3. The number of sulfonamides is 1. The van der Waals surface area contributed by atoms with Gasteiger partial charge in [0, 0.05) is 45.5 Å². The van der Waals surface area contributed by atoms with Crippen LogP contribution < -0.4 is 4.90 Å². The zero-order chi connectivity index (χ0) is 23.4. The van der Waals surface area contributed by atoms with Gasteiger partial charge in [0.1, 0.15) is 0 Å². The molecule has 6 nitrogen and oxygen atoms in total. The lowest BCUT2D eigenvalue weighted by Gasteiger charge is -2.36. The molecular formula is C26H33N3O3S. The van der Waals surface area contributed by atoms with Crippen molar-refractivity contribution in [1.82, 2.24) is 9.21 Å².